The van der Waals surface area contributed by atoms with Crippen LogP contribution in [0.5, 0.6) is 0 Å². The smallest absolute Gasteiger partial charge is 0.341 e. The Morgan fingerprint density at radius 1 is 1.19 bits per heavy atom. The number of halogens is 2. The second-order valence-electron chi connectivity index (χ2n) is 4.99. The lowest BCUT2D eigenvalue weighted by molar-refractivity contribution is 0.234. The molecule has 0 radical (unpaired) electrons. The van der Waals surface area contributed by atoms with Gasteiger partial charge in [-0.15, -0.1) is 0 Å². The maximum absolute atomic E-state index is 12.5. The molecule has 8 heteroatoms. The predicted octanol–water partition coefficient (Wildman–Crippen LogP) is 2.03. The Hall–Kier alpha value is -1.02. The van der Waals surface area contributed by atoms with E-state index >= 15 is 0 Å². The van der Waals surface area contributed by atoms with Crippen LogP contribution in [0.1, 0.15) is 12.8 Å². The van der Waals surface area contributed by atoms with Gasteiger partial charge in [-0.1, -0.05) is 0 Å². The van der Waals surface area contributed by atoms with Gasteiger partial charge in [-0.3, -0.25) is 4.21 Å². The van der Waals surface area contributed by atoms with E-state index in [1.165, 1.54) is 24.3 Å². The molecule has 0 aromatic heterocycles. The first-order valence-electron chi connectivity index (χ1n) is 6.52. The van der Waals surface area contributed by atoms with Gasteiger partial charge in [0.1, 0.15) is 0 Å². The Kier molecular flexibility index (Phi) is 4.98. The minimum atomic E-state index is -4.54. The molecule has 0 bridgehead atoms. The normalized spacial score (nSPS) is 23.2. The third-order valence-electron chi connectivity index (χ3n) is 3.71. The van der Waals surface area contributed by atoms with Crippen LogP contribution in [0.4, 0.5) is 14.5 Å². The second-order valence-corrected chi connectivity index (χ2v) is 8.60. The van der Waals surface area contributed by atoms with E-state index < -0.39 is 26.4 Å². The number of rotatable bonds is 4. The maximum atomic E-state index is 12.5. The molecule has 1 aliphatic rings. The summed E-state index contributed by atoms with van der Waals surface area (Å²) in [6.07, 6.45) is 1.61. The fourth-order valence-corrected chi connectivity index (χ4v) is 4.35. The molecule has 1 fully saturated rings. The monoisotopic (exact) mass is 337 g/mol. The average Bonchev–Trinajstić information content (AvgIpc) is 2.47. The van der Waals surface area contributed by atoms with Gasteiger partial charge in [0.05, 0.1) is 4.90 Å². The van der Waals surface area contributed by atoms with Crippen molar-refractivity contribution in [2.75, 3.05) is 23.5 Å². The highest BCUT2D eigenvalue weighted by Crippen LogP contribution is 2.25. The number of alkyl halides is 2. The molecule has 4 nitrogen and oxygen atoms in total. The first-order chi connectivity index (χ1) is 9.82. The molecule has 1 aromatic carbocycles. The maximum Gasteiger partial charge on any atom is 0.341 e. The molecule has 1 saturated heterocycles. The fraction of sp³-hybridized carbons (Fsp3) is 0.538. The van der Waals surface area contributed by atoms with Crippen molar-refractivity contribution in [3.8, 4) is 0 Å². The van der Waals surface area contributed by atoms with Crippen molar-refractivity contribution in [1.29, 1.82) is 0 Å². The lowest BCUT2D eigenvalue weighted by Crippen LogP contribution is -2.37. The van der Waals surface area contributed by atoms with Gasteiger partial charge in [0, 0.05) is 41.1 Å². The molecule has 0 N–H and O–H groups in total. The SMILES string of the molecule is CN(c1ccc(S(=O)(=O)C(F)F)cc1)C1CCS(=O)CC1. The Morgan fingerprint density at radius 3 is 2.19 bits per heavy atom. The summed E-state index contributed by atoms with van der Waals surface area (Å²) in [6.45, 7) is 0. The molecule has 0 unspecified atom stereocenters. The summed E-state index contributed by atoms with van der Waals surface area (Å²) < 4.78 is 59.0. The van der Waals surface area contributed by atoms with E-state index in [9.17, 15) is 21.4 Å². The van der Waals surface area contributed by atoms with Crippen LogP contribution in [0.15, 0.2) is 29.2 Å². The van der Waals surface area contributed by atoms with Crippen LogP contribution in [0.3, 0.4) is 0 Å². The number of sulfone groups is 1. The molecular weight excluding hydrogens is 320 g/mol. The largest absolute Gasteiger partial charge is 0.372 e. The predicted molar refractivity (Wildman–Crippen MR) is 78.9 cm³/mol. The third-order valence-corrected chi connectivity index (χ3v) is 6.49. The zero-order valence-electron chi connectivity index (χ0n) is 11.5. The van der Waals surface area contributed by atoms with Gasteiger partial charge < -0.3 is 4.90 Å². The topological polar surface area (TPSA) is 54.5 Å². The molecule has 0 aliphatic carbocycles. The molecule has 118 valence electrons. The van der Waals surface area contributed by atoms with E-state index in [0.29, 0.717) is 11.5 Å². The number of hydrogen-bond donors (Lipinski definition) is 0. The van der Waals surface area contributed by atoms with Gasteiger partial charge in [0.2, 0.25) is 9.84 Å². The van der Waals surface area contributed by atoms with Crippen molar-refractivity contribution in [2.45, 2.75) is 29.5 Å². The molecule has 21 heavy (non-hydrogen) atoms. The molecule has 1 aliphatic heterocycles. The van der Waals surface area contributed by atoms with Crippen LogP contribution >= 0.6 is 0 Å². The fourth-order valence-electron chi connectivity index (χ4n) is 2.35. The van der Waals surface area contributed by atoms with E-state index in [2.05, 4.69) is 0 Å². The number of nitrogens with zero attached hydrogens (tertiary/aromatic N) is 1. The van der Waals surface area contributed by atoms with Crippen molar-refractivity contribution >= 4 is 26.3 Å². The minimum absolute atomic E-state index is 0.236. The van der Waals surface area contributed by atoms with E-state index in [4.69, 9.17) is 0 Å². The van der Waals surface area contributed by atoms with Gasteiger partial charge in [-0.05, 0) is 37.1 Å². The molecule has 0 spiro atoms. The van der Waals surface area contributed by atoms with Crippen LogP contribution in [0, 0.1) is 0 Å². The Balaban J connectivity index is 2.14. The summed E-state index contributed by atoms with van der Waals surface area (Å²) in [7, 11) is -3.42. The first kappa shape index (κ1) is 16.4. The van der Waals surface area contributed by atoms with E-state index in [1.807, 2.05) is 11.9 Å². The molecule has 0 saturated carbocycles. The van der Waals surface area contributed by atoms with Crippen molar-refractivity contribution < 1.29 is 21.4 Å². The van der Waals surface area contributed by atoms with Gasteiger partial charge in [0.15, 0.2) is 0 Å². The summed E-state index contributed by atoms with van der Waals surface area (Å²) >= 11 is 0. The molecule has 1 heterocycles. The lowest BCUT2D eigenvalue weighted by Gasteiger charge is -2.32. The van der Waals surface area contributed by atoms with Crippen LogP contribution in [-0.4, -0.2) is 43.0 Å². The molecular formula is C13H17F2NO3S2. The number of anilines is 1. The standard InChI is InChI=1S/C13H17F2NO3S2/c1-16(11-6-8-20(17)9-7-11)10-2-4-12(5-3-10)21(18,19)13(14)15/h2-5,11,13H,6-9H2,1H3. The zero-order valence-corrected chi connectivity index (χ0v) is 13.2. The molecule has 0 amide bonds. The Bertz CT molecular complexity index is 607. The number of benzene rings is 1. The van der Waals surface area contributed by atoms with Crippen LogP contribution in [-0.2, 0) is 20.6 Å². The van der Waals surface area contributed by atoms with Crippen LogP contribution < -0.4 is 4.90 Å². The van der Waals surface area contributed by atoms with Crippen LogP contribution in [0.2, 0.25) is 0 Å². The summed E-state index contributed by atoms with van der Waals surface area (Å²) in [4.78, 5) is 1.61. The third kappa shape index (κ3) is 3.60. The molecule has 0 atom stereocenters. The average molecular weight is 337 g/mol. The summed E-state index contributed by atoms with van der Waals surface area (Å²) in [5.74, 6) is -2.09. The highest BCUT2D eigenvalue weighted by molar-refractivity contribution is 7.91. The highest BCUT2D eigenvalue weighted by Gasteiger charge is 2.27. The van der Waals surface area contributed by atoms with E-state index in [-0.39, 0.29) is 10.9 Å². The van der Waals surface area contributed by atoms with Gasteiger partial charge in [-0.2, -0.15) is 8.78 Å². The quantitative estimate of drug-likeness (QED) is 0.844. The number of hydrogen-bond acceptors (Lipinski definition) is 4. The summed E-state index contributed by atoms with van der Waals surface area (Å²) in [5, 5.41) is 0. The van der Waals surface area contributed by atoms with Crippen LogP contribution in [0.25, 0.3) is 0 Å². The lowest BCUT2D eigenvalue weighted by atomic mass is 10.1. The van der Waals surface area contributed by atoms with Gasteiger partial charge >= 0.3 is 5.76 Å². The summed E-state index contributed by atoms with van der Waals surface area (Å²) in [6, 6.07) is 5.70. The molecule has 1 aromatic rings. The Morgan fingerprint density at radius 2 is 1.71 bits per heavy atom. The van der Waals surface area contributed by atoms with Gasteiger partial charge in [-0.25, -0.2) is 8.42 Å². The van der Waals surface area contributed by atoms with E-state index in [0.717, 1.165) is 18.5 Å². The van der Waals surface area contributed by atoms with Crippen molar-refractivity contribution in [3.63, 3.8) is 0 Å². The van der Waals surface area contributed by atoms with Crippen molar-refractivity contribution in [1.82, 2.24) is 0 Å². The van der Waals surface area contributed by atoms with E-state index in [1.54, 1.807) is 0 Å². The highest BCUT2D eigenvalue weighted by atomic mass is 32.2. The van der Waals surface area contributed by atoms with Crippen molar-refractivity contribution in [2.24, 2.45) is 0 Å². The van der Waals surface area contributed by atoms with Gasteiger partial charge in [0.25, 0.3) is 0 Å². The zero-order chi connectivity index (χ0) is 15.6. The Labute approximate surface area is 125 Å². The first-order valence-corrected chi connectivity index (χ1v) is 9.55. The molecule has 2 rings (SSSR count). The minimum Gasteiger partial charge on any atom is -0.372 e. The second kappa shape index (κ2) is 6.39. The summed E-state index contributed by atoms with van der Waals surface area (Å²) in [5.41, 5.74) is 0.765. The van der Waals surface area contributed by atoms with Crippen molar-refractivity contribution in [3.05, 3.63) is 24.3 Å².